The standard InChI is InChI=1S/C14H21BINO4/c1-13(2)14(3,4)21-15(20-13)10(7-12(18)19-5)11-6-9(16)8-17-11/h6,8,10,17H,7H2,1-5H3. The molecule has 0 aromatic carbocycles. The Morgan fingerprint density at radius 2 is 1.95 bits per heavy atom. The minimum absolute atomic E-state index is 0.212. The molecule has 116 valence electrons. The fourth-order valence-corrected chi connectivity index (χ4v) is 2.76. The fraction of sp³-hybridized carbons (Fsp3) is 0.643. The normalized spacial score (nSPS) is 21.3. The van der Waals surface area contributed by atoms with Gasteiger partial charge in [0.1, 0.15) is 0 Å². The summed E-state index contributed by atoms with van der Waals surface area (Å²) in [6, 6.07) is 2.00. The lowest BCUT2D eigenvalue weighted by molar-refractivity contribution is -0.140. The van der Waals surface area contributed by atoms with E-state index in [9.17, 15) is 4.79 Å². The molecule has 1 N–H and O–H groups in total. The van der Waals surface area contributed by atoms with E-state index in [1.54, 1.807) is 0 Å². The van der Waals surface area contributed by atoms with Gasteiger partial charge in [-0.1, -0.05) is 0 Å². The number of methoxy groups -OCH3 is 1. The minimum atomic E-state index is -0.483. The molecule has 1 aliphatic heterocycles. The second-order valence-electron chi connectivity index (χ2n) is 6.28. The van der Waals surface area contributed by atoms with Crippen LogP contribution < -0.4 is 0 Å². The third kappa shape index (κ3) is 3.45. The van der Waals surface area contributed by atoms with Gasteiger partial charge in [-0.3, -0.25) is 4.79 Å². The van der Waals surface area contributed by atoms with Crippen molar-refractivity contribution in [2.45, 2.75) is 51.1 Å². The summed E-state index contributed by atoms with van der Waals surface area (Å²) < 4.78 is 18.1. The Labute approximate surface area is 139 Å². The molecule has 0 aliphatic carbocycles. The van der Waals surface area contributed by atoms with E-state index in [1.165, 1.54) is 7.11 Å². The lowest BCUT2D eigenvalue weighted by atomic mass is 9.68. The van der Waals surface area contributed by atoms with E-state index in [2.05, 4.69) is 27.6 Å². The first-order valence-corrected chi connectivity index (χ1v) is 8.00. The first-order valence-electron chi connectivity index (χ1n) is 6.92. The molecule has 0 spiro atoms. The number of hydrogen-bond donors (Lipinski definition) is 1. The number of hydrogen-bond acceptors (Lipinski definition) is 4. The largest absolute Gasteiger partial charge is 0.469 e. The summed E-state index contributed by atoms with van der Waals surface area (Å²) in [5, 5.41) is 0. The summed E-state index contributed by atoms with van der Waals surface area (Å²) in [6.45, 7) is 8.00. The zero-order valence-corrected chi connectivity index (χ0v) is 15.2. The minimum Gasteiger partial charge on any atom is -0.469 e. The van der Waals surface area contributed by atoms with Gasteiger partial charge in [-0.05, 0) is 56.4 Å². The summed E-state index contributed by atoms with van der Waals surface area (Å²) >= 11 is 2.22. The fourth-order valence-electron chi connectivity index (χ4n) is 2.27. The smallest absolute Gasteiger partial charge is 0.467 e. The van der Waals surface area contributed by atoms with Crippen LogP contribution in [0, 0.1) is 3.57 Å². The predicted molar refractivity (Wildman–Crippen MR) is 89.0 cm³/mol. The topological polar surface area (TPSA) is 60.6 Å². The quantitative estimate of drug-likeness (QED) is 0.476. The van der Waals surface area contributed by atoms with E-state index in [4.69, 9.17) is 14.0 Å². The van der Waals surface area contributed by atoms with Crippen LogP contribution in [0.3, 0.4) is 0 Å². The number of aromatic amines is 1. The third-order valence-corrected chi connectivity index (χ3v) is 4.91. The van der Waals surface area contributed by atoms with E-state index < -0.39 is 18.3 Å². The first kappa shape index (κ1) is 16.8. The van der Waals surface area contributed by atoms with Crippen molar-refractivity contribution >= 4 is 35.7 Å². The highest BCUT2D eigenvalue weighted by Crippen LogP contribution is 2.41. The molecular formula is C14H21BINO4. The zero-order chi connectivity index (χ0) is 15.8. The van der Waals surface area contributed by atoms with Gasteiger partial charge < -0.3 is 19.0 Å². The Bertz CT molecular complexity index is 513. The average Bonchev–Trinajstić information content (AvgIpc) is 2.88. The van der Waals surface area contributed by atoms with Crippen LogP contribution in [-0.2, 0) is 18.8 Å². The molecule has 0 bridgehead atoms. The molecule has 5 nitrogen and oxygen atoms in total. The summed E-state index contributed by atoms with van der Waals surface area (Å²) in [5.41, 5.74) is 0.0701. The Morgan fingerprint density at radius 3 is 2.38 bits per heavy atom. The number of nitrogens with one attached hydrogen (secondary N) is 1. The Kier molecular flexibility index (Phi) is 4.75. The van der Waals surface area contributed by atoms with Crippen molar-refractivity contribution in [1.29, 1.82) is 0 Å². The summed E-state index contributed by atoms with van der Waals surface area (Å²) in [4.78, 5) is 14.9. The van der Waals surface area contributed by atoms with Crippen LogP contribution in [0.4, 0.5) is 0 Å². The van der Waals surface area contributed by atoms with E-state index >= 15 is 0 Å². The van der Waals surface area contributed by atoms with Gasteiger partial charge in [0.15, 0.2) is 0 Å². The van der Waals surface area contributed by atoms with Gasteiger partial charge in [0.25, 0.3) is 0 Å². The molecule has 21 heavy (non-hydrogen) atoms. The molecule has 0 radical (unpaired) electrons. The highest BCUT2D eigenvalue weighted by molar-refractivity contribution is 14.1. The van der Waals surface area contributed by atoms with E-state index in [0.717, 1.165) is 9.26 Å². The second-order valence-corrected chi connectivity index (χ2v) is 7.53. The molecule has 7 heteroatoms. The predicted octanol–water partition coefficient (Wildman–Crippen LogP) is 2.90. The van der Waals surface area contributed by atoms with Crippen LogP contribution >= 0.6 is 22.6 Å². The number of carbonyl (C=O) groups is 1. The molecule has 1 aromatic heterocycles. The van der Waals surface area contributed by atoms with Crippen LogP contribution in [0.2, 0.25) is 0 Å². The van der Waals surface area contributed by atoms with Gasteiger partial charge in [0, 0.05) is 21.3 Å². The van der Waals surface area contributed by atoms with E-state index in [0.29, 0.717) is 0 Å². The molecular weight excluding hydrogens is 384 g/mol. The third-order valence-electron chi connectivity index (χ3n) is 4.28. The average molecular weight is 405 g/mol. The highest BCUT2D eigenvalue weighted by Gasteiger charge is 2.54. The molecule has 0 amide bonds. The number of halogens is 1. The van der Waals surface area contributed by atoms with Crippen LogP contribution in [0.25, 0.3) is 0 Å². The molecule has 1 unspecified atom stereocenters. The Morgan fingerprint density at radius 1 is 1.38 bits per heavy atom. The van der Waals surface area contributed by atoms with Crippen LogP contribution in [-0.4, -0.2) is 36.4 Å². The Hall–Kier alpha value is -0.535. The molecule has 1 aliphatic rings. The molecule has 2 heterocycles. The van der Waals surface area contributed by atoms with Gasteiger partial charge in [-0.2, -0.15) is 0 Å². The van der Waals surface area contributed by atoms with Crippen molar-refractivity contribution in [3.63, 3.8) is 0 Å². The number of rotatable bonds is 4. The Balaban J connectivity index is 2.27. The van der Waals surface area contributed by atoms with Crippen molar-refractivity contribution < 1.29 is 18.8 Å². The zero-order valence-electron chi connectivity index (χ0n) is 13.0. The van der Waals surface area contributed by atoms with Crippen molar-refractivity contribution in [2.24, 2.45) is 0 Å². The number of carbonyl (C=O) groups excluding carboxylic acids is 1. The lowest BCUT2D eigenvalue weighted by Gasteiger charge is -2.32. The highest BCUT2D eigenvalue weighted by atomic mass is 127. The summed E-state index contributed by atoms with van der Waals surface area (Å²) in [6.07, 6.45) is 2.11. The van der Waals surface area contributed by atoms with E-state index in [-0.39, 0.29) is 18.2 Å². The molecule has 1 fully saturated rings. The maximum Gasteiger partial charge on any atom is 0.467 e. The van der Waals surface area contributed by atoms with Gasteiger partial charge >= 0.3 is 13.1 Å². The SMILES string of the molecule is COC(=O)CC(B1OC(C)(C)C(C)(C)O1)c1cc(I)c[nH]1. The molecule has 2 rings (SSSR count). The molecule has 1 aromatic rings. The van der Waals surface area contributed by atoms with Crippen LogP contribution in [0.1, 0.15) is 45.6 Å². The van der Waals surface area contributed by atoms with Crippen molar-refractivity contribution in [1.82, 2.24) is 4.98 Å². The second kappa shape index (κ2) is 5.93. The van der Waals surface area contributed by atoms with Gasteiger partial charge in [0.05, 0.1) is 24.7 Å². The van der Waals surface area contributed by atoms with Crippen LogP contribution in [0.15, 0.2) is 12.3 Å². The van der Waals surface area contributed by atoms with Crippen molar-refractivity contribution in [2.75, 3.05) is 7.11 Å². The maximum absolute atomic E-state index is 11.7. The van der Waals surface area contributed by atoms with Crippen LogP contribution in [0.5, 0.6) is 0 Å². The maximum atomic E-state index is 11.7. The molecule has 1 atom stereocenters. The van der Waals surface area contributed by atoms with Gasteiger partial charge in [-0.15, -0.1) is 0 Å². The van der Waals surface area contributed by atoms with E-state index in [1.807, 2.05) is 40.0 Å². The number of ether oxygens (including phenoxy) is 1. The first-order chi connectivity index (χ1) is 9.66. The summed E-state index contributed by atoms with van der Waals surface area (Å²) in [7, 11) is 0.908. The van der Waals surface area contributed by atoms with Crippen molar-refractivity contribution in [3.8, 4) is 0 Å². The molecule has 0 saturated carbocycles. The van der Waals surface area contributed by atoms with Gasteiger partial charge in [0.2, 0.25) is 0 Å². The van der Waals surface area contributed by atoms with Crippen molar-refractivity contribution in [3.05, 3.63) is 21.5 Å². The number of esters is 1. The van der Waals surface area contributed by atoms with Gasteiger partial charge in [-0.25, -0.2) is 0 Å². The summed E-state index contributed by atoms with van der Waals surface area (Å²) in [5.74, 6) is -0.499. The monoisotopic (exact) mass is 405 g/mol. The number of aromatic nitrogens is 1. The number of H-pyrrole nitrogens is 1. The lowest BCUT2D eigenvalue weighted by Crippen LogP contribution is -2.41. The molecule has 1 saturated heterocycles.